The monoisotopic (exact) mass is 287 g/mol. The average Bonchev–Trinajstić information content (AvgIpc) is 2.42. The molecule has 0 heterocycles. The number of nitrogens with zero attached hydrogens (tertiary/aromatic N) is 2. The van der Waals surface area contributed by atoms with Crippen molar-refractivity contribution in [2.75, 3.05) is 34.7 Å². The van der Waals surface area contributed by atoms with Crippen molar-refractivity contribution in [1.82, 2.24) is 4.90 Å². The van der Waals surface area contributed by atoms with Crippen molar-refractivity contribution in [2.45, 2.75) is 39.0 Å². The molecule has 2 nitrogen and oxygen atoms in total. The van der Waals surface area contributed by atoms with Gasteiger partial charge in [0.2, 0.25) is 0 Å². The summed E-state index contributed by atoms with van der Waals surface area (Å²) in [6.07, 6.45) is 6.50. The molecule has 1 rings (SSSR count). The minimum atomic E-state index is 0.911. The predicted octanol–water partition coefficient (Wildman–Crippen LogP) is 3.70. The SMILES string of the molecule is CCCCCCc1ccc(C(=C=[N+](C)C)CN(C)C)cc1. The number of benzene rings is 1. The molecule has 0 amide bonds. The first-order chi connectivity index (χ1) is 10.0. The third-order valence-corrected chi connectivity index (χ3v) is 3.45. The van der Waals surface area contributed by atoms with E-state index < -0.39 is 0 Å². The molecule has 116 valence electrons. The van der Waals surface area contributed by atoms with Crippen LogP contribution >= 0.6 is 0 Å². The van der Waals surface area contributed by atoms with E-state index in [1.165, 1.54) is 48.8 Å². The largest absolute Gasteiger partial charge is 0.304 e. The van der Waals surface area contributed by atoms with Gasteiger partial charge in [-0.05, 0) is 38.1 Å². The summed E-state index contributed by atoms with van der Waals surface area (Å²) in [7, 11) is 8.24. The number of aryl methyl sites for hydroxylation is 1. The van der Waals surface area contributed by atoms with Gasteiger partial charge in [-0.25, -0.2) is 0 Å². The molecule has 0 aliphatic carbocycles. The second kappa shape index (κ2) is 9.55. The lowest BCUT2D eigenvalue weighted by Gasteiger charge is -2.11. The van der Waals surface area contributed by atoms with Gasteiger partial charge < -0.3 is 4.90 Å². The van der Waals surface area contributed by atoms with E-state index in [0.29, 0.717) is 0 Å². The molecule has 21 heavy (non-hydrogen) atoms. The summed E-state index contributed by atoms with van der Waals surface area (Å²) in [6, 6.07) is 9.03. The Morgan fingerprint density at radius 2 is 1.71 bits per heavy atom. The molecule has 0 fully saturated rings. The lowest BCUT2D eigenvalue weighted by Crippen LogP contribution is -2.15. The van der Waals surface area contributed by atoms with Gasteiger partial charge in [0.1, 0.15) is 14.1 Å². The highest BCUT2D eigenvalue weighted by atomic mass is 15.1. The first kappa shape index (κ1) is 17.7. The van der Waals surface area contributed by atoms with Crippen molar-refractivity contribution >= 4 is 11.4 Å². The molecule has 1 aromatic carbocycles. The van der Waals surface area contributed by atoms with Gasteiger partial charge in [-0.3, -0.25) is 0 Å². The maximum Gasteiger partial charge on any atom is 0.172 e. The van der Waals surface area contributed by atoms with Gasteiger partial charge in [-0.2, -0.15) is 4.58 Å². The second-order valence-corrected chi connectivity index (χ2v) is 6.23. The third kappa shape index (κ3) is 7.27. The summed E-state index contributed by atoms with van der Waals surface area (Å²) >= 11 is 0. The Bertz CT molecular complexity index is 473. The van der Waals surface area contributed by atoms with Gasteiger partial charge in [-0.1, -0.05) is 50.5 Å². The molecular formula is C19H31N2+. The van der Waals surface area contributed by atoms with Gasteiger partial charge in [0, 0.05) is 6.54 Å². The summed E-state index contributed by atoms with van der Waals surface area (Å²) in [4.78, 5) is 2.19. The van der Waals surface area contributed by atoms with E-state index >= 15 is 0 Å². The maximum absolute atomic E-state index is 3.42. The molecule has 1 aromatic rings. The van der Waals surface area contributed by atoms with E-state index in [1.54, 1.807) is 0 Å². The standard InChI is InChI=1S/C19H31N2/c1-6-7-8-9-10-17-11-13-18(14-12-17)19(15-20(2)3)16-21(4)5/h11-14H,6-10,15H2,1-5H3/q+1. The van der Waals surface area contributed by atoms with Crippen LogP contribution in [0.1, 0.15) is 43.7 Å². The third-order valence-electron chi connectivity index (χ3n) is 3.45. The van der Waals surface area contributed by atoms with Crippen LogP contribution in [0.2, 0.25) is 0 Å². The fourth-order valence-electron chi connectivity index (χ4n) is 2.41. The number of rotatable bonds is 8. The molecule has 0 bridgehead atoms. The Balaban J connectivity index is 2.77. The molecule has 0 saturated heterocycles. The van der Waals surface area contributed by atoms with E-state index in [2.05, 4.69) is 56.1 Å². The normalized spacial score (nSPS) is 10.6. The minimum absolute atomic E-state index is 0.911. The van der Waals surface area contributed by atoms with E-state index in [0.717, 1.165) is 6.54 Å². The van der Waals surface area contributed by atoms with Crippen molar-refractivity contribution in [3.05, 3.63) is 35.4 Å². The molecule has 0 aliphatic rings. The van der Waals surface area contributed by atoms with Crippen LogP contribution in [0.25, 0.3) is 5.57 Å². The van der Waals surface area contributed by atoms with Crippen molar-refractivity contribution in [3.63, 3.8) is 0 Å². The summed E-state index contributed by atoms with van der Waals surface area (Å²) < 4.78 is 2.00. The Labute approximate surface area is 130 Å². The number of unbranched alkanes of at least 4 members (excludes halogenated alkanes) is 3. The van der Waals surface area contributed by atoms with Crippen molar-refractivity contribution < 1.29 is 4.58 Å². The predicted molar refractivity (Wildman–Crippen MR) is 93.4 cm³/mol. The van der Waals surface area contributed by atoms with Crippen LogP contribution < -0.4 is 0 Å². The topological polar surface area (TPSA) is 6.25 Å². The Hall–Kier alpha value is -1.37. The molecule has 2 heteroatoms. The molecule has 0 N–H and O–H groups in total. The first-order valence-corrected chi connectivity index (χ1v) is 8.06. The fourth-order valence-corrected chi connectivity index (χ4v) is 2.41. The minimum Gasteiger partial charge on any atom is -0.304 e. The highest BCUT2D eigenvalue weighted by Crippen LogP contribution is 2.15. The Morgan fingerprint density at radius 3 is 2.24 bits per heavy atom. The lowest BCUT2D eigenvalue weighted by atomic mass is 10.0. The maximum atomic E-state index is 3.42. The van der Waals surface area contributed by atoms with E-state index in [1.807, 2.05) is 18.7 Å². The molecule has 0 spiro atoms. The van der Waals surface area contributed by atoms with E-state index in [9.17, 15) is 0 Å². The zero-order valence-corrected chi connectivity index (χ0v) is 14.4. The van der Waals surface area contributed by atoms with Gasteiger partial charge >= 0.3 is 0 Å². The van der Waals surface area contributed by atoms with E-state index in [4.69, 9.17) is 0 Å². The molecular weight excluding hydrogens is 256 g/mol. The van der Waals surface area contributed by atoms with E-state index in [-0.39, 0.29) is 0 Å². The van der Waals surface area contributed by atoms with Crippen LogP contribution in [0.15, 0.2) is 24.3 Å². The molecule has 0 unspecified atom stereocenters. The molecule has 0 atom stereocenters. The summed E-state index contributed by atoms with van der Waals surface area (Å²) in [6.45, 7) is 3.17. The van der Waals surface area contributed by atoms with Crippen molar-refractivity contribution in [1.29, 1.82) is 0 Å². The van der Waals surface area contributed by atoms with Gasteiger partial charge in [0.15, 0.2) is 5.87 Å². The number of hydrogen-bond acceptors (Lipinski definition) is 1. The van der Waals surface area contributed by atoms with Gasteiger partial charge in [0.25, 0.3) is 0 Å². The van der Waals surface area contributed by atoms with Crippen molar-refractivity contribution in [2.24, 2.45) is 0 Å². The van der Waals surface area contributed by atoms with Crippen molar-refractivity contribution in [3.8, 4) is 0 Å². The molecule has 0 radical (unpaired) electrons. The quantitative estimate of drug-likeness (QED) is 0.401. The number of likely N-dealkylation sites (N-methyl/N-ethyl adjacent to an activating group) is 1. The first-order valence-electron chi connectivity index (χ1n) is 8.06. The summed E-state index contributed by atoms with van der Waals surface area (Å²) in [5.74, 6) is 3.42. The summed E-state index contributed by atoms with van der Waals surface area (Å²) in [5.41, 5.74) is 3.96. The van der Waals surface area contributed by atoms with Crippen LogP contribution in [0.5, 0.6) is 0 Å². The zero-order chi connectivity index (χ0) is 15.7. The lowest BCUT2D eigenvalue weighted by molar-refractivity contribution is -0.456. The van der Waals surface area contributed by atoms with Crippen LogP contribution in [0.4, 0.5) is 0 Å². The molecule has 0 aliphatic heterocycles. The highest BCUT2D eigenvalue weighted by Gasteiger charge is 2.06. The fraction of sp³-hybridized carbons (Fsp3) is 0.579. The summed E-state index contributed by atoms with van der Waals surface area (Å²) in [5, 5.41) is 0. The Morgan fingerprint density at radius 1 is 1.05 bits per heavy atom. The van der Waals surface area contributed by atoms with Crippen LogP contribution in [-0.2, 0) is 6.42 Å². The van der Waals surface area contributed by atoms with Crippen LogP contribution in [0, 0.1) is 0 Å². The highest BCUT2D eigenvalue weighted by molar-refractivity contribution is 5.88. The zero-order valence-electron chi connectivity index (χ0n) is 14.4. The van der Waals surface area contributed by atoms with Gasteiger partial charge in [0.05, 0.1) is 5.57 Å². The average molecular weight is 287 g/mol. The smallest absolute Gasteiger partial charge is 0.172 e. The van der Waals surface area contributed by atoms with Crippen LogP contribution in [0.3, 0.4) is 0 Å². The molecule has 0 aromatic heterocycles. The van der Waals surface area contributed by atoms with Gasteiger partial charge in [-0.15, -0.1) is 0 Å². The Kier molecular flexibility index (Phi) is 8.04. The second-order valence-electron chi connectivity index (χ2n) is 6.23. The number of hydrogen-bond donors (Lipinski definition) is 0. The molecule has 0 saturated carbocycles. The van der Waals surface area contributed by atoms with Crippen LogP contribution in [-0.4, -0.2) is 50.1 Å².